The van der Waals surface area contributed by atoms with Crippen molar-refractivity contribution in [3.8, 4) is 0 Å². The summed E-state index contributed by atoms with van der Waals surface area (Å²) in [5.41, 5.74) is -0.551. The molecule has 5 nitrogen and oxygen atoms in total. The maximum Gasteiger partial charge on any atom is 0.408 e. The number of hydrogen-bond acceptors (Lipinski definition) is 4. The van der Waals surface area contributed by atoms with Crippen LogP contribution in [-0.2, 0) is 14.3 Å². The second-order valence-electron chi connectivity index (χ2n) is 7.31. The van der Waals surface area contributed by atoms with Gasteiger partial charge in [0.25, 0.3) is 0 Å². The first-order chi connectivity index (χ1) is 10.1. The molecule has 0 bridgehead atoms. The van der Waals surface area contributed by atoms with Crippen molar-refractivity contribution in [1.82, 2.24) is 5.32 Å². The molecule has 0 aromatic rings. The van der Waals surface area contributed by atoms with Gasteiger partial charge >= 0.3 is 12.1 Å². The number of carbonyl (C=O) groups excluding carboxylic acids is 2. The van der Waals surface area contributed by atoms with Crippen LogP contribution in [0, 0.1) is 11.8 Å². The Bertz CT molecular complexity index is 411. The maximum absolute atomic E-state index is 12.0. The monoisotopic (exact) mass is 311 g/mol. The Balaban J connectivity index is 2.71. The quantitative estimate of drug-likeness (QED) is 0.603. The Morgan fingerprint density at radius 1 is 1.50 bits per heavy atom. The van der Waals surface area contributed by atoms with Gasteiger partial charge in [-0.3, -0.25) is 4.79 Å². The zero-order valence-corrected chi connectivity index (χ0v) is 14.3. The molecule has 0 aromatic heterocycles. The first kappa shape index (κ1) is 18.5. The van der Waals surface area contributed by atoms with Gasteiger partial charge in [-0.1, -0.05) is 19.9 Å². The summed E-state index contributed by atoms with van der Waals surface area (Å²) in [6.07, 6.45) is 2.91. The van der Waals surface area contributed by atoms with Crippen molar-refractivity contribution in [3.63, 3.8) is 0 Å². The van der Waals surface area contributed by atoms with Crippen LogP contribution in [0.3, 0.4) is 0 Å². The van der Waals surface area contributed by atoms with Gasteiger partial charge in [0.15, 0.2) is 0 Å². The van der Waals surface area contributed by atoms with Crippen molar-refractivity contribution in [1.29, 1.82) is 0 Å². The van der Waals surface area contributed by atoms with Crippen LogP contribution < -0.4 is 5.32 Å². The summed E-state index contributed by atoms with van der Waals surface area (Å²) < 4.78 is 10.8. The third-order valence-electron chi connectivity index (χ3n) is 3.45. The summed E-state index contributed by atoms with van der Waals surface area (Å²) in [6, 6.07) is -0.228. The normalized spacial score (nSPS) is 23.1. The van der Waals surface area contributed by atoms with Gasteiger partial charge in [-0.05, 0) is 46.0 Å². The molecule has 0 radical (unpaired) electrons. The molecule has 1 saturated heterocycles. The lowest BCUT2D eigenvalue weighted by atomic mass is 9.93. The highest BCUT2D eigenvalue weighted by Crippen LogP contribution is 2.28. The fraction of sp³-hybridized carbons (Fsp3) is 0.765. The van der Waals surface area contributed by atoms with Crippen LogP contribution in [-0.4, -0.2) is 29.8 Å². The Kier molecular flexibility index (Phi) is 6.45. The smallest absolute Gasteiger partial charge is 0.408 e. The van der Waals surface area contributed by atoms with Gasteiger partial charge < -0.3 is 14.8 Å². The van der Waals surface area contributed by atoms with E-state index >= 15 is 0 Å². The summed E-state index contributed by atoms with van der Waals surface area (Å²) in [4.78, 5) is 23.9. The minimum Gasteiger partial charge on any atom is -0.460 e. The minimum atomic E-state index is -0.551. The number of ether oxygens (including phenoxy) is 2. The molecule has 1 unspecified atom stereocenters. The molecule has 1 N–H and O–H groups in total. The molecule has 1 amide bonds. The highest BCUT2D eigenvalue weighted by Gasteiger charge is 2.39. The van der Waals surface area contributed by atoms with Gasteiger partial charge in [0.1, 0.15) is 11.7 Å². The van der Waals surface area contributed by atoms with Crippen molar-refractivity contribution in [2.75, 3.05) is 0 Å². The second kappa shape index (κ2) is 7.65. The molecule has 1 heterocycles. The van der Waals surface area contributed by atoms with E-state index in [4.69, 9.17) is 9.47 Å². The van der Waals surface area contributed by atoms with E-state index in [1.807, 2.05) is 20.8 Å². The topological polar surface area (TPSA) is 64.6 Å². The molecule has 22 heavy (non-hydrogen) atoms. The van der Waals surface area contributed by atoms with E-state index in [1.54, 1.807) is 6.08 Å². The van der Waals surface area contributed by atoms with E-state index in [0.717, 1.165) is 6.42 Å². The third-order valence-corrected chi connectivity index (χ3v) is 3.45. The molecule has 1 fully saturated rings. The molecule has 126 valence electrons. The zero-order valence-electron chi connectivity index (χ0n) is 14.3. The molecule has 5 heteroatoms. The van der Waals surface area contributed by atoms with Gasteiger partial charge in [-0.15, -0.1) is 6.58 Å². The van der Waals surface area contributed by atoms with Gasteiger partial charge in [0.05, 0.1) is 12.0 Å². The molecule has 1 aliphatic rings. The van der Waals surface area contributed by atoms with E-state index in [1.165, 1.54) is 0 Å². The summed E-state index contributed by atoms with van der Waals surface area (Å²) in [6.45, 7) is 13.3. The molecular weight excluding hydrogens is 282 g/mol. The fourth-order valence-corrected chi connectivity index (χ4v) is 2.58. The van der Waals surface area contributed by atoms with Crippen LogP contribution in [0.15, 0.2) is 12.7 Å². The van der Waals surface area contributed by atoms with Crippen molar-refractivity contribution < 1.29 is 19.1 Å². The van der Waals surface area contributed by atoms with Gasteiger partial charge in [0, 0.05) is 0 Å². The average molecular weight is 311 g/mol. The average Bonchev–Trinajstić information content (AvgIpc) is 2.67. The number of nitrogens with one attached hydrogen (secondary N) is 1. The van der Waals surface area contributed by atoms with Crippen LogP contribution in [0.1, 0.15) is 53.9 Å². The number of cyclic esters (lactones) is 1. The largest absolute Gasteiger partial charge is 0.460 e. The molecular formula is C17H29NO4. The summed E-state index contributed by atoms with van der Waals surface area (Å²) in [5.74, 6) is 0.0133. The summed E-state index contributed by atoms with van der Waals surface area (Å²) in [7, 11) is 0. The first-order valence-electron chi connectivity index (χ1n) is 7.93. The minimum absolute atomic E-state index is 0.155. The SMILES string of the molecule is C=CC[C@@H]1C[C@@H](C(CC(C)C)NC(=O)OC(C)(C)C)OC1=O. The Hall–Kier alpha value is -1.52. The van der Waals surface area contributed by atoms with Crippen LogP contribution in [0.4, 0.5) is 4.79 Å². The molecule has 1 aliphatic heterocycles. The zero-order chi connectivity index (χ0) is 16.9. The number of carbonyl (C=O) groups is 2. The van der Waals surface area contributed by atoms with E-state index in [-0.39, 0.29) is 24.0 Å². The number of alkyl carbamates (subject to hydrolysis) is 1. The lowest BCUT2D eigenvalue weighted by Crippen LogP contribution is -2.46. The molecule has 0 saturated carbocycles. The second-order valence-corrected chi connectivity index (χ2v) is 7.31. The number of amides is 1. The Morgan fingerprint density at radius 2 is 2.14 bits per heavy atom. The summed E-state index contributed by atoms with van der Waals surface area (Å²) >= 11 is 0. The van der Waals surface area contributed by atoms with Crippen molar-refractivity contribution >= 4 is 12.1 Å². The van der Waals surface area contributed by atoms with E-state index in [9.17, 15) is 9.59 Å². The van der Waals surface area contributed by atoms with Crippen molar-refractivity contribution in [2.45, 2.75) is 71.6 Å². The van der Waals surface area contributed by atoms with E-state index in [2.05, 4.69) is 25.7 Å². The van der Waals surface area contributed by atoms with Crippen LogP contribution in [0.5, 0.6) is 0 Å². The molecule has 1 rings (SSSR count). The van der Waals surface area contributed by atoms with Gasteiger partial charge in [0.2, 0.25) is 0 Å². The number of hydrogen-bond donors (Lipinski definition) is 1. The van der Waals surface area contributed by atoms with Crippen LogP contribution in [0.25, 0.3) is 0 Å². The van der Waals surface area contributed by atoms with Gasteiger partial charge in [-0.2, -0.15) is 0 Å². The number of allylic oxidation sites excluding steroid dienone is 1. The Labute approximate surface area is 133 Å². The highest BCUT2D eigenvalue weighted by molar-refractivity contribution is 5.75. The van der Waals surface area contributed by atoms with Crippen LogP contribution >= 0.6 is 0 Å². The molecule has 0 spiro atoms. The van der Waals surface area contributed by atoms with Crippen LogP contribution in [0.2, 0.25) is 0 Å². The lowest BCUT2D eigenvalue weighted by molar-refractivity contribution is -0.145. The standard InChI is InChI=1S/C17H29NO4/c1-7-8-12-10-14(21-15(12)19)13(9-11(2)3)18-16(20)22-17(4,5)6/h7,11-14H,1,8-10H2,2-6H3,(H,18,20)/t12-,13?,14+/m1/s1. The van der Waals surface area contributed by atoms with E-state index in [0.29, 0.717) is 18.8 Å². The maximum atomic E-state index is 12.0. The third kappa shape index (κ3) is 6.08. The fourth-order valence-electron chi connectivity index (χ4n) is 2.58. The van der Waals surface area contributed by atoms with Crippen molar-refractivity contribution in [2.24, 2.45) is 11.8 Å². The van der Waals surface area contributed by atoms with E-state index < -0.39 is 11.7 Å². The predicted molar refractivity (Wildman–Crippen MR) is 85.4 cm³/mol. The number of rotatable bonds is 6. The summed E-state index contributed by atoms with van der Waals surface area (Å²) in [5, 5.41) is 2.87. The predicted octanol–water partition coefficient (Wildman–Crippen LogP) is 3.43. The molecule has 0 aliphatic carbocycles. The Morgan fingerprint density at radius 3 is 2.64 bits per heavy atom. The highest BCUT2D eigenvalue weighted by atomic mass is 16.6. The van der Waals surface area contributed by atoms with Gasteiger partial charge in [-0.25, -0.2) is 4.79 Å². The number of esters is 1. The van der Waals surface area contributed by atoms with Crippen molar-refractivity contribution in [3.05, 3.63) is 12.7 Å². The molecule has 0 aromatic carbocycles. The lowest BCUT2D eigenvalue weighted by Gasteiger charge is -2.27. The first-order valence-corrected chi connectivity index (χ1v) is 7.93. The molecule has 3 atom stereocenters.